The largest absolute Gasteiger partial charge is 0.327 e. The molecule has 0 aromatic heterocycles. The van der Waals surface area contributed by atoms with E-state index < -0.39 is 21.4 Å². The molecule has 1 atom stereocenters. The minimum absolute atomic E-state index is 0.197. The second-order valence-electron chi connectivity index (χ2n) is 3.71. The molecule has 92 valence electrons. The van der Waals surface area contributed by atoms with Crippen molar-refractivity contribution in [1.82, 2.24) is 10.2 Å². The Kier molecular flexibility index (Phi) is 2.74. The molecule has 0 spiro atoms. The van der Waals surface area contributed by atoms with Crippen molar-refractivity contribution in [3.05, 3.63) is 24.3 Å². The van der Waals surface area contributed by atoms with Gasteiger partial charge in [-0.05, 0) is 6.08 Å². The van der Waals surface area contributed by atoms with Crippen LogP contribution in [0.15, 0.2) is 29.3 Å². The summed E-state index contributed by atoms with van der Waals surface area (Å²) in [5.74, 6) is 0.251. The van der Waals surface area contributed by atoms with Gasteiger partial charge in [0.15, 0.2) is 0 Å². The summed E-state index contributed by atoms with van der Waals surface area (Å²) < 4.78 is 34.3. The SMILES string of the molecule is C=C1N=CC=C(N2CC(S(=O)(=O)F)CC2=O)N1. The lowest BCUT2D eigenvalue weighted by Crippen LogP contribution is -2.34. The standard InChI is InChI=1S/C9H10FN3O3S/c1-6-11-3-2-8(12-6)13-5-7(4-9(13)14)17(10,15)16/h2-3,7,12H,1,4-5H2. The summed E-state index contributed by atoms with van der Waals surface area (Å²) in [7, 11) is -4.69. The van der Waals surface area contributed by atoms with E-state index in [-0.39, 0.29) is 13.0 Å². The minimum Gasteiger partial charge on any atom is -0.327 e. The van der Waals surface area contributed by atoms with Gasteiger partial charge in [-0.1, -0.05) is 6.58 Å². The summed E-state index contributed by atoms with van der Waals surface area (Å²) in [6, 6.07) is 0. The van der Waals surface area contributed by atoms with Gasteiger partial charge in [-0.15, -0.1) is 3.89 Å². The van der Waals surface area contributed by atoms with Crippen LogP contribution in [-0.4, -0.2) is 37.2 Å². The zero-order valence-electron chi connectivity index (χ0n) is 8.76. The molecule has 1 saturated heterocycles. The Labute approximate surface area is 97.7 Å². The fraction of sp³-hybridized carbons (Fsp3) is 0.333. The van der Waals surface area contributed by atoms with E-state index >= 15 is 0 Å². The predicted octanol–water partition coefficient (Wildman–Crippen LogP) is -0.127. The van der Waals surface area contributed by atoms with Crippen LogP contribution in [0.3, 0.4) is 0 Å². The molecule has 0 radical (unpaired) electrons. The second kappa shape index (κ2) is 3.95. The van der Waals surface area contributed by atoms with Gasteiger partial charge in [0.25, 0.3) is 0 Å². The monoisotopic (exact) mass is 259 g/mol. The maximum atomic E-state index is 12.8. The minimum atomic E-state index is -4.69. The van der Waals surface area contributed by atoms with E-state index in [9.17, 15) is 17.1 Å². The van der Waals surface area contributed by atoms with Crippen LogP contribution >= 0.6 is 0 Å². The number of carbonyl (C=O) groups excluding carboxylic acids is 1. The van der Waals surface area contributed by atoms with Gasteiger partial charge in [0.1, 0.15) is 16.9 Å². The van der Waals surface area contributed by atoms with Crippen LogP contribution in [0.4, 0.5) is 3.89 Å². The summed E-state index contributed by atoms with van der Waals surface area (Å²) in [6.07, 6.45) is 2.58. The molecule has 17 heavy (non-hydrogen) atoms. The molecule has 2 rings (SSSR count). The summed E-state index contributed by atoms with van der Waals surface area (Å²) in [4.78, 5) is 16.6. The number of likely N-dealkylation sites (tertiary alicyclic amines) is 1. The van der Waals surface area contributed by atoms with Gasteiger partial charge in [0.2, 0.25) is 5.91 Å². The van der Waals surface area contributed by atoms with Gasteiger partial charge in [0.05, 0.1) is 0 Å². The Hall–Kier alpha value is -1.70. The first-order valence-corrected chi connectivity index (χ1v) is 6.26. The number of halogens is 1. The number of hydrogen-bond acceptors (Lipinski definition) is 5. The maximum absolute atomic E-state index is 12.8. The maximum Gasteiger partial charge on any atom is 0.307 e. The van der Waals surface area contributed by atoms with E-state index in [1.807, 2.05) is 0 Å². The third-order valence-electron chi connectivity index (χ3n) is 2.51. The Morgan fingerprint density at radius 3 is 2.82 bits per heavy atom. The van der Waals surface area contributed by atoms with Crippen molar-refractivity contribution in [2.24, 2.45) is 4.99 Å². The lowest BCUT2D eigenvalue weighted by atomic mass is 10.4. The van der Waals surface area contributed by atoms with Crippen molar-refractivity contribution in [3.8, 4) is 0 Å². The number of nitrogens with one attached hydrogen (secondary N) is 1. The first-order chi connectivity index (χ1) is 7.88. The lowest BCUT2D eigenvalue weighted by Gasteiger charge is -2.22. The smallest absolute Gasteiger partial charge is 0.307 e. The van der Waals surface area contributed by atoms with E-state index in [2.05, 4.69) is 16.9 Å². The van der Waals surface area contributed by atoms with Gasteiger partial charge in [-0.2, -0.15) is 8.42 Å². The van der Waals surface area contributed by atoms with Crippen LogP contribution in [-0.2, 0) is 15.0 Å². The van der Waals surface area contributed by atoms with Crippen molar-refractivity contribution in [2.75, 3.05) is 6.54 Å². The quantitative estimate of drug-likeness (QED) is 0.701. The van der Waals surface area contributed by atoms with Crippen LogP contribution in [0.1, 0.15) is 6.42 Å². The third kappa shape index (κ3) is 2.36. The zero-order chi connectivity index (χ0) is 12.6. The van der Waals surface area contributed by atoms with Crippen molar-refractivity contribution in [2.45, 2.75) is 11.7 Å². The number of amides is 1. The molecule has 0 aromatic carbocycles. The molecule has 1 N–H and O–H groups in total. The summed E-state index contributed by atoms with van der Waals surface area (Å²) in [6.45, 7) is 3.35. The number of rotatable bonds is 2. The van der Waals surface area contributed by atoms with E-state index in [0.717, 1.165) is 0 Å². The molecule has 0 aliphatic carbocycles. The third-order valence-corrected chi connectivity index (χ3v) is 3.63. The fourth-order valence-corrected chi connectivity index (χ4v) is 2.34. The van der Waals surface area contributed by atoms with Crippen molar-refractivity contribution >= 4 is 22.3 Å². The molecule has 6 nitrogen and oxygen atoms in total. The van der Waals surface area contributed by atoms with Crippen molar-refractivity contribution in [1.29, 1.82) is 0 Å². The zero-order valence-corrected chi connectivity index (χ0v) is 9.58. The fourth-order valence-electron chi connectivity index (χ4n) is 1.67. The average molecular weight is 259 g/mol. The van der Waals surface area contributed by atoms with Gasteiger partial charge in [-0.3, -0.25) is 9.69 Å². The Morgan fingerprint density at radius 2 is 2.29 bits per heavy atom. The molecule has 2 aliphatic rings. The van der Waals surface area contributed by atoms with Crippen LogP contribution in [0.5, 0.6) is 0 Å². The number of carbonyl (C=O) groups is 1. The Morgan fingerprint density at radius 1 is 1.59 bits per heavy atom. The summed E-state index contributed by atoms with van der Waals surface area (Å²) in [5, 5.41) is 1.42. The summed E-state index contributed by atoms with van der Waals surface area (Å²) in [5.41, 5.74) is 0. The van der Waals surface area contributed by atoms with E-state index in [1.54, 1.807) is 0 Å². The molecular weight excluding hydrogens is 249 g/mol. The van der Waals surface area contributed by atoms with Crippen LogP contribution in [0.25, 0.3) is 0 Å². The predicted molar refractivity (Wildman–Crippen MR) is 59.0 cm³/mol. The average Bonchev–Trinajstić information content (AvgIpc) is 2.60. The first kappa shape index (κ1) is 11.8. The highest BCUT2D eigenvalue weighted by molar-refractivity contribution is 7.87. The normalized spacial score (nSPS) is 24.9. The molecule has 1 fully saturated rings. The van der Waals surface area contributed by atoms with E-state index in [1.165, 1.54) is 17.2 Å². The number of nitrogens with zero attached hydrogens (tertiary/aromatic N) is 2. The Balaban J connectivity index is 2.19. The van der Waals surface area contributed by atoms with E-state index in [4.69, 9.17) is 0 Å². The van der Waals surface area contributed by atoms with Crippen LogP contribution in [0, 0.1) is 0 Å². The molecule has 2 aliphatic heterocycles. The number of allylic oxidation sites excluding steroid dienone is 1. The molecule has 8 heteroatoms. The van der Waals surface area contributed by atoms with Crippen molar-refractivity contribution < 1.29 is 17.1 Å². The van der Waals surface area contributed by atoms with Crippen LogP contribution in [0.2, 0.25) is 0 Å². The lowest BCUT2D eigenvalue weighted by molar-refractivity contribution is -0.126. The van der Waals surface area contributed by atoms with Gasteiger partial charge in [0, 0.05) is 19.2 Å². The van der Waals surface area contributed by atoms with Crippen molar-refractivity contribution in [3.63, 3.8) is 0 Å². The molecule has 1 unspecified atom stereocenters. The number of aliphatic imine (C=N–C) groups is 1. The van der Waals surface area contributed by atoms with Gasteiger partial charge in [-0.25, -0.2) is 4.99 Å². The molecule has 0 saturated carbocycles. The first-order valence-electron chi connectivity index (χ1n) is 4.82. The highest BCUT2D eigenvalue weighted by Crippen LogP contribution is 2.23. The topological polar surface area (TPSA) is 78.8 Å². The molecule has 0 bridgehead atoms. The number of hydrogen-bond donors (Lipinski definition) is 1. The van der Waals surface area contributed by atoms with Gasteiger partial charge < -0.3 is 5.32 Å². The molecule has 2 heterocycles. The van der Waals surface area contributed by atoms with E-state index in [0.29, 0.717) is 11.6 Å². The molecule has 1 amide bonds. The highest BCUT2D eigenvalue weighted by atomic mass is 32.3. The second-order valence-corrected chi connectivity index (χ2v) is 5.33. The Bertz CT molecular complexity index is 538. The van der Waals surface area contributed by atoms with Gasteiger partial charge >= 0.3 is 10.2 Å². The van der Waals surface area contributed by atoms with Crippen LogP contribution < -0.4 is 5.32 Å². The molecule has 0 aromatic rings. The summed E-state index contributed by atoms with van der Waals surface area (Å²) >= 11 is 0. The highest BCUT2D eigenvalue weighted by Gasteiger charge is 2.40. The molecular formula is C9H10FN3O3S.